The van der Waals surface area contributed by atoms with Crippen molar-refractivity contribution < 1.29 is 18.4 Å². The van der Waals surface area contributed by atoms with Gasteiger partial charge in [0.15, 0.2) is 5.11 Å². The maximum atomic E-state index is 13.1. The van der Waals surface area contributed by atoms with Crippen molar-refractivity contribution in [1.82, 2.24) is 5.32 Å². The second kappa shape index (κ2) is 7.44. The number of rotatable bonds is 3. The second-order valence-electron chi connectivity index (χ2n) is 6.45. The van der Waals surface area contributed by atoms with Crippen LogP contribution in [0.3, 0.4) is 0 Å². The van der Waals surface area contributed by atoms with E-state index >= 15 is 0 Å². The van der Waals surface area contributed by atoms with Gasteiger partial charge in [0.1, 0.15) is 22.9 Å². The van der Waals surface area contributed by atoms with E-state index in [9.17, 15) is 14.0 Å². The largest absolute Gasteiger partial charge is 0.457 e. The topological polar surface area (TPSA) is 62.6 Å². The average molecular weight is 406 g/mol. The summed E-state index contributed by atoms with van der Waals surface area (Å²) in [5.41, 5.74) is 2.02. The fraction of sp³-hybridized carbons (Fsp3) is 0.0455. The predicted octanol–water partition coefficient (Wildman–Crippen LogP) is 4.23. The highest BCUT2D eigenvalue weighted by Crippen LogP contribution is 2.27. The van der Waals surface area contributed by atoms with Gasteiger partial charge in [-0.25, -0.2) is 4.39 Å². The number of thiocarbonyl (C=S) groups is 1. The first-order chi connectivity index (χ1) is 13.9. The van der Waals surface area contributed by atoms with E-state index < -0.39 is 11.8 Å². The first-order valence-electron chi connectivity index (χ1n) is 8.77. The molecule has 0 unspecified atom stereocenters. The summed E-state index contributed by atoms with van der Waals surface area (Å²) < 4.78 is 18.8. The van der Waals surface area contributed by atoms with Crippen LogP contribution in [-0.2, 0) is 9.59 Å². The van der Waals surface area contributed by atoms with Crippen molar-refractivity contribution in [3.05, 3.63) is 83.4 Å². The summed E-state index contributed by atoms with van der Waals surface area (Å²) >= 11 is 5.21. The van der Waals surface area contributed by atoms with Crippen LogP contribution in [0.1, 0.15) is 11.3 Å². The van der Waals surface area contributed by atoms with E-state index in [-0.39, 0.29) is 16.5 Å². The van der Waals surface area contributed by atoms with Crippen molar-refractivity contribution in [2.75, 3.05) is 4.90 Å². The van der Waals surface area contributed by atoms with Crippen LogP contribution >= 0.6 is 12.2 Å². The molecule has 1 aliphatic rings. The number of aryl methyl sites for hydroxylation is 1. The average Bonchev–Trinajstić information content (AvgIpc) is 3.16. The molecule has 0 spiro atoms. The Bertz CT molecular complexity index is 1160. The van der Waals surface area contributed by atoms with Crippen LogP contribution in [0.25, 0.3) is 17.4 Å². The summed E-state index contributed by atoms with van der Waals surface area (Å²) in [4.78, 5) is 26.7. The Morgan fingerprint density at radius 3 is 2.48 bits per heavy atom. The van der Waals surface area contributed by atoms with Gasteiger partial charge in [-0.05, 0) is 73.2 Å². The van der Waals surface area contributed by atoms with Crippen LogP contribution in [0, 0.1) is 12.7 Å². The lowest BCUT2D eigenvalue weighted by atomic mass is 10.1. The number of halogens is 1. The molecular formula is C22H15FN2O3S. The standard InChI is InChI=1S/C22H15FN2O3S/c1-13-4-2-3-5-18(13)25-21(27)17(20(26)24-22(25)29)12-16-10-11-19(28-16)14-6-8-15(23)9-7-14/h2-12H,1H3,(H,24,26,29). The zero-order chi connectivity index (χ0) is 20.5. The summed E-state index contributed by atoms with van der Waals surface area (Å²) in [6.07, 6.45) is 1.37. The normalized spacial score (nSPS) is 15.7. The van der Waals surface area contributed by atoms with Crippen molar-refractivity contribution in [1.29, 1.82) is 0 Å². The van der Waals surface area contributed by atoms with Crippen molar-refractivity contribution in [3.8, 4) is 11.3 Å². The van der Waals surface area contributed by atoms with Crippen molar-refractivity contribution in [2.24, 2.45) is 0 Å². The van der Waals surface area contributed by atoms with E-state index in [0.29, 0.717) is 22.8 Å². The van der Waals surface area contributed by atoms with Crippen LogP contribution in [0.4, 0.5) is 10.1 Å². The van der Waals surface area contributed by atoms with Crippen LogP contribution in [0.15, 0.2) is 70.7 Å². The van der Waals surface area contributed by atoms with Crippen LogP contribution in [0.5, 0.6) is 0 Å². The zero-order valence-corrected chi connectivity index (χ0v) is 16.1. The van der Waals surface area contributed by atoms with Crippen LogP contribution in [0.2, 0.25) is 0 Å². The first-order valence-corrected chi connectivity index (χ1v) is 9.18. The van der Waals surface area contributed by atoms with E-state index in [1.54, 1.807) is 36.4 Å². The van der Waals surface area contributed by atoms with Gasteiger partial charge in [-0.3, -0.25) is 19.8 Å². The van der Waals surface area contributed by atoms with Gasteiger partial charge in [0.2, 0.25) is 0 Å². The van der Waals surface area contributed by atoms with E-state index in [4.69, 9.17) is 16.6 Å². The Hall–Kier alpha value is -3.58. The van der Waals surface area contributed by atoms with E-state index in [0.717, 1.165) is 5.56 Å². The van der Waals surface area contributed by atoms with Gasteiger partial charge in [0, 0.05) is 5.56 Å². The number of nitrogens with zero attached hydrogens (tertiary/aromatic N) is 1. The highest BCUT2D eigenvalue weighted by Gasteiger charge is 2.35. The quantitative estimate of drug-likeness (QED) is 0.402. The first kappa shape index (κ1) is 18.8. The predicted molar refractivity (Wildman–Crippen MR) is 111 cm³/mol. The molecule has 2 amide bonds. The smallest absolute Gasteiger partial charge is 0.270 e. The van der Waals surface area contributed by atoms with Gasteiger partial charge >= 0.3 is 0 Å². The Labute approximate surface area is 171 Å². The number of hydrogen-bond donors (Lipinski definition) is 1. The minimum atomic E-state index is -0.593. The molecule has 29 heavy (non-hydrogen) atoms. The van der Waals surface area contributed by atoms with E-state index in [1.807, 2.05) is 19.1 Å². The maximum Gasteiger partial charge on any atom is 0.270 e. The van der Waals surface area contributed by atoms with Crippen molar-refractivity contribution in [2.45, 2.75) is 6.92 Å². The van der Waals surface area contributed by atoms with Crippen LogP contribution < -0.4 is 10.2 Å². The Kier molecular flexibility index (Phi) is 4.82. The molecular weight excluding hydrogens is 391 g/mol. The maximum absolute atomic E-state index is 13.1. The summed E-state index contributed by atoms with van der Waals surface area (Å²) in [6.45, 7) is 1.85. The molecule has 0 aliphatic carbocycles. The van der Waals surface area contributed by atoms with Gasteiger partial charge in [0.05, 0.1) is 5.69 Å². The summed E-state index contributed by atoms with van der Waals surface area (Å²) in [5.74, 6) is -0.663. The Morgan fingerprint density at radius 2 is 1.76 bits per heavy atom. The molecule has 1 aromatic heterocycles. The lowest BCUT2D eigenvalue weighted by molar-refractivity contribution is -0.122. The number of para-hydroxylation sites is 1. The second-order valence-corrected chi connectivity index (χ2v) is 6.84. The van der Waals surface area contributed by atoms with Gasteiger partial charge in [-0.1, -0.05) is 18.2 Å². The van der Waals surface area contributed by atoms with E-state index in [2.05, 4.69) is 5.32 Å². The molecule has 5 nitrogen and oxygen atoms in total. The highest BCUT2D eigenvalue weighted by atomic mass is 32.1. The minimum Gasteiger partial charge on any atom is -0.457 e. The molecule has 1 saturated heterocycles. The molecule has 0 bridgehead atoms. The molecule has 7 heteroatoms. The monoisotopic (exact) mass is 406 g/mol. The number of hydrogen-bond acceptors (Lipinski definition) is 4. The molecule has 0 atom stereocenters. The van der Waals surface area contributed by atoms with Crippen molar-refractivity contribution >= 4 is 40.9 Å². The zero-order valence-electron chi connectivity index (χ0n) is 15.3. The number of anilines is 1. The van der Waals surface area contributed by atoms with E-state index in [1.165, 1.54) is 23.1 Å². The number of nitrogens with one attached hydrogen (secondary N) is 1. The lowest BCUT2D eigenvalue weighted by Crippen LogP contribution is -2.54. The molecule has 1 fully saturated rings. The Morgan fingerprint density at radius 1 is 1.03 bits per heavy atom. The minimum absolute atomic E-state index is 0.0258. The number of carbonyl (C=O) groups is 2. The third-order valence-corrected chi connectivity index (χ3v) is 4.78. The van der Waals surface area contributed by atoms with Gasteiger partial charge in [-0.2, -0.15) is 0 Å². The highest BCUT2D eigenvalue weighted by molar-refractivity contribution is 7.80. The molecule has 0 radical (unpaired) electrons. The number of amides is 2. The van der Waals surface area contributed by atoms with Gasteiger partial charge in [-0.15, -0.1) is 0 Å². The molecule has 0 saturated carbocycles. The third-order valence-electron chi connectivity index (χ3n) is 4.50. The lowest BCUT2D eigenvalue weighted by Gasteiger charge is -2.29. The molecule has 2 aromatic carbocycles. The molecule has 4 rings (SSSR count). The fourth-order valence-corrected chi connectivity index (χ4v) is 3.31. The summed E-state index contributed by atoms with van der Waals surface area (Å²) in [5, 5.41) is 2.57. The summed E-state index contributed by atoms with van der Waals surface area (Å²) in [7, 11) is 0. The SMILES string of the molecule is Cc1ccccc1N1C(=O)C(=Cc2ccc(-c3ccc(F)cc3)o2)C(=O)NC1=S. The third kappa shape index (κ3) is 3.60. The molecule has 1 N–H and O–H groups in total. The fourth-order valence-electron chi connectivity index (χ4n) is 3.03. The van der Waals surface area contributed by atoms with Crippen LogP contribution in [-0.4, -0.2) is 16.9 Å². The molecule has 1 aliphatic heterocycles. The molecule has 144 valence electrons. The molecule has 2 heterocycles. The summed E-state index contributed by atoms with van der Waals surface area (Å²) in [6, 6.07) is 16.4. The van der Waals surface area contributed by atoms with Gasteiger partial charge < -0.3 is 4.42 Å². The number of benzene rings is 2. The number of furan rings is 1. The van der Waals surface area contributed by atoms with Gasteiger partial charge in [0.25, 0.3) is 11.8 Å². The Balaban J connectivity index is 1.68. The molecule has 3 aromatic rings. The number of carbonyl (C=O) groups excluding carboxylic acids is 2. The van der Waals surface area contributed by atoms with Crippen molar-refractivity contribution in [3.63, 3.8) is 0 Å².